The Morgan fingerprint density at radius 3 is 2.17 bits per heavy atom. The van der Waals surface area contributed by atoms with Crippen LogP contribution in [0.2, 0.25) is 0 Å². The first-order chi connectivity index (χ1) is 22.7. The topological polar surface area (TPSA) is 27.6 Å². The van der Waals surface area contributed by atoms with Crippen molar-refractivity contribution in [3.63, 3.8) is 0 Å². The zero-order valence-corrected chi connectivity index (χ0v) is 26.1. The molecule has 3 nitrogen and oxygen atoms in total. The van der Waals surface area contributed by atoms with Crippen molar-refractivity contribution in [1.29, 1.82) is 0 Å². The van der Waals surface area contributed by atoms with Crippen LogP contribution in [0.15, 0.2) is 157 Å². The first-order valence-corrected chi connectivity index (χ1v) is 16.3. The van der Waals surface area contributed by atoms with Crippen molar-refractivity contribution >= 4 is 28.5 Å². The van der Waals surface area contributed by atoms with E-state index >= 15 is 0 Å². The van der Waals surface area contributed by atoms with Crippen molar-refractivity contribution in [3.8, 4) is 0 Å². The second-order valence-electron chi connectivity index (χ2n) is 12.5. The maximum Gasteiger partial charge on any atom is 0.130 e. The Labute approximate surface area is 271 Å². The van der Waals surface area contributed by atoms with E-state index in [1.807, 2.05) is 0 Å². The van der Waals surface area contributed by atoms with Gasteiger partial charge in [0, 0.05) is 17.3 Å². The lowest BCUT2D eigenvalue weighted by atomic mass is 9.85. The third kappa shape index (κ3) is 5.39. The molecule has 2 aliphatic rings. The lowest BCUT2D eigenvalue weighted by Crippen LogP contribution is -2.23. The first kappa shape index (κ1) is 28.1. The van der Waals surface area contributed by atoms with Gasteiger partial charge in [-0.2, -0.15) is 0 Å². The van der Waals surface area contributed by atoms with Gasteiger partial charge in [-0.1, -0.05) is 127 Å². The minimum absolute atomic E-state index is 0.0315. The zero-order valence-electron chi connectivity index (χ0n) is 26.1. The van der Waals surface area contributed by atoms with Gasteiger partial charge in [-0.15, -0.1) is 0 Å². The average molecular weight is 596 g/mol. The highest BCUT2D eigenvalue weighted by molar-refractivity contribution is 6.02. The van der Waals surface area contributed by atoms with E-state index in [1.54, 1.807) is 0 Å². The SMILES string of the molecule is Cc1ccc2c(c1)N=C(c1ccccc1)CCC2c1ccc(Cc2cccc3c2NC(c2ccccc2)N3c2ccccc2)cc1. The second-order valence-corrected chi connectivity index (χ2v) is 12.5. The standard InChI is InChI=1S/C43H37N3/c1-30-20-25-38-37(26-27-39(44-40(38)28-30)33-12-5-2-6-13-33)32-23-21-31(22-24-32)29-35-16-11-19-41-42(35)45-43(34-14-7-3-8-15-34)46(41)36-17-9-4-10-18-36/h2-25,28,37,43,45H,26-27,29H2,1H3. The second kappa shape index (κ2) is 12.2. The summed E-state index contributed by atoms with van der Waals surface area (Å²) in [5.74, 6) is 0.309. The highest BCUT2D eigenvalue weighted by Crippen LogP contribution is 2.48. The highest BCUT2D eigenvalue weighted by atomic mass is 15.3. The molecule has 2 aliphatic heterocycles. The number of benzene rings is 6. The van der Waals surface area contributed by atoms with Gasteiger partial charge in [-0.05, 0) is 89.4 Å². The Bertz CT molecular complexity index is 2000. The summed E-state index contributed by atoms with van der Waals surface area (Å²) in [4.78, 5) is 7.64. The quantitative estimate of drug-likeness (QED) is 0.207. The molecule has 0 spiro atoms. The number of nitrogens with zero attached hydrogens (tertiary/aromatic N) is 2. The van der Waals surface area contributed by atoms with E-state index in [0.29, 0.717) is 5.92 Å². The van der Waals surface area contributed by atoms with Gasteiger partial charge < -0.3 is 10.2 Å². The van der Waals surface area contributed by atoms with E-state index < -0.39 is 0 Å². The van der Waals surface area contributed by atoms with Gasteiger partial charge in [0.1, 0.15) is 6.17 Å². The first-order valence-electron chi connectivity index (χ1n) is 16.3. The summed E-state index contributed by atoms with van der Waals surface area (Å²) in [7, 11) is 0. The van der Waals surface area contributed by atoms with Crippen molar-refractivity contribution in [3.05, 3.63) is 191 Å². The number of para-hydroxylation sites is 2. The highest BCUT2D eigenvalue weighted by Gasteiger charge is 2.32. The van der Waals surface area contributed by atoms with Crippen LogP contribution in [-0.2, 0) is 6.42 Å². The van der Waals surface area contributed by atoms with Crippen LogP contribution < -0.4 is 10.2 Å². The molecule has 0 aliphatic carbocycles. The van der Waals surface area contributed by atoms with E-state index in [4.69, 9.17) is 4.99 Å². The normalized spacial score (nSPS) is 17.0. The number of anilines is 3. The molecule has 0 bridgehead atoms. The predicted octanol–water partition coefficient (Wildman–Crippen LogP) is 10.9. The molecular formula is C43H37N3. The summed E-state index contributed by atoms with van der Waals surface area (Å²) in [6.45, 7) is 2.16. The number of rotatable bonds is 6. The maximum absolute atomic E-state index is 5.21. The van der Waals surface area contributed by atoms with Crippen LogP contribution in [-0.4, -0.2) is 5.71 Å². The van der Waals surface area contributed by atoms with Crippen LogP contribution >= 0.6 is 0 Å². The summed E-state index contributed by atoms with van der Waals surface area (Å²) in [5, 5.41) is 3.90. The predicted molar refractivity (Wildman–Crippen MR) is 192 cm³/mol. The molecule has 0 aromatic heterocycles. The molecule has 0 saturated heterocycles. The number of aliphatic imine (C=N–C) groups is 1. The molecule has 0 radical (unpaired) electrons. The fraction of sp³-hybridized carbons (Fsp3) is 0.140. The van der Waals surface area contributed by atoms with Gasteiger partial charge >= 0.3 is 0 Å². The van der Waals surface area contributed by atoms with E-state index in [-0.39, 0.29) is 6.17 Å². The van der Waals surface area contributed by atoms with E-state index in [2.05, 4.69) is 169 Å². The van der Waals surface area contributed by atoms with Crippen LogP contribution in [0.4, 0.5) is 22.7 Å². The Kier molecular flexibility index (Phi) is 7.43. The van der Waals surface area contributed by atoms with Crippen LogP contribution in [0, 0.1) is 6.92 Å². The van der Waals surface area contributed by atoms with Gasteiger partial charge in [-0.25, -0.2) is 0 Å². The fourth-order valence-corrected chi connectivity index (χ4v) is 7.14. The lowest BCUT2D eigenvalue weighted by molar-refractivity contribution is 0.751. The number of fused-ring (bicyclic) bond motifs is 2. The number of hydrogen-bond acceptors (Lipinski definition) is 3. The van der Waals surface area contributed by atoms with Gasteiger partial charge in [0.2, 0.25) is 0 Å². The average Bonchev–Trinajstić information content (AvgIpc) is 3.41. The smallest absolute Gasteiger partial charge is 0.130 e. The van der Waals surface area contributed by atoms with Gasteiger partial charge in [0.15, 0.2) is 0 Å². The molecule has 2 heterocycles. The van der Waals surface area contributed by atoms with Crippen molar-refractivity contribution in [2.75, 3.05) is 10.2 Å². The molecule has 8 rings (SSSR count). The molecule has 6 aromatic carbocycles. The van der Waals surface area contributed by atoms with Gasteiger partial charge in [-0.3, -0.25) is 4.99 Å². The van der Waals surface area contributed by atoms with Crippen molar-refractivity contribution in [1.82, 2.24) is 0 Å². The minimum Gasteiger partial charge on any atom is -0.359 e. The summed E-state index contributed by atoms with van der Waals surface area (Å²) < 4.78 is 0. The Balaban J connectivity index is 1.08. The summed E-state index contributed by atoms with van der Waals surface area (Å²) in [6.07, 6.45) is 2.88. The summed E-state index contributed by atoms with van der Waals surface area (Å²) in [5.41, 5.74) is 14.9. The van der Waals surface area contributed by atoms with E-state index in [9.17, 15) is 0 Å². The third-order valence-electron chi connectivity index (χ3n) is 9.45. The summed E-state index contributed by atoms with van der Waals surface area (Å²) >= 11 is 0. The molecule has 0 amide bonds. The summed E-state index contributed by atoms with van der Waals surface area (Å²) in [6, 6.07) is 54.9. The Morgan fingerprint density at radius 1 is 0.696 bits per heavy atom. The van der Waals surface area contributed by atoms with Gasteiger partial charge in [0.25, 0.3) is 0 Å². The third-order valence-corrected chi connectivity index (χ3v) is 9.45. The van der Waals surface area contributed by atoms with Crippen LogP contribution in [0.1, 0.15) is 63.9 Å². The molecule has 2 unspecified atom stereocenters. The minimum atomic E-state index is 0.0315. The lowest BCUT2D eigenvalue weighted by Gasteiger charge is -2.27. The number of aryl methyl sites for hydroxylation is 1. The van der Waals surface area contributed by atoms with Crippen LogP contribution in [0.3, 0.4) is 0 Å². The zero-order chi connectivity index (χ0) is 30.9. The number of nitrogens with one attached hydrogen (secondary N) is 1. The van der Waals surface area contributed by atoms with E-state index in [0.717, 1.165) is 24.9 Å². The van der Waals surface area contributed by atoms with Gasteiger partial charge in [0.05, 0.1) is 17.1 Å². The molecule has 0 saturated carbocycles. The Morgan fingerprint density at radius 2 is 1.41 bits per heavy atom. The number of hydrogen-bond donors (Lipinski definition) is 1. The Hall–Kier alpha value is -5.41. The van der Waals surface area contributed by atoms with Crippen molar-refractivity contribution in [2.45, 2.75) is 38.3 Å². The van der Waals surface area contributed by atoms with Crippen molar-refractivity contribution < 1.29 is 0 Å². The molecule has 46 heavy (non-hydrogen) atoms. The monoisotopic (exact) mass is 595 g/mol. The van der Waals surface area contributed by atoms with Crippen molar-refractivity contribution in [2.24, 2.45) is 4.99 Å². The largest absolute Gasteiger partial charge is 0.359 e. The molecular weight excluding hydrogens is 558 g/mol. The molecule has 1 N–H and O–H groups in total. The molecule has 2 atom stereocenters. The molecule has 224 valence electrons. The molecule has 0 fully saturated rings. The van der Waals surface area contributed by atoms with Crippen LogP contribution in [0.5, 0.6) is 0 Å². The molecule has 6 aromatic rings. The maximum atomic E-state index is 5.21. The van der Waals surface area contributed by atoms with E-state index in [1.165, 1.54) is 61.7 Å². The fourth-order valence-electron chi connectivity index (χ4n) is 7.14. The van der Waals surface area contributed by atoms with Crippen LogP contribution in [0.25, 0.3) is 0 Å². The molecule has 3 heteroatoms.